The van der Waals surface area contributed by atoms with Gasteiger partial charge in [-0.25, -0.2) is 0 Å². The Hall–Kier alpha value is -2.27. The lowest BCUT2D eigenvalue weighted by atomic mass is 10.1. The van der Waals surface area contributed by atoms with Crippen LogP contribution in [-0.4, -0.2) is 24.9 Å². The summed E-state index contributed by atoms with van der Waals surface area (Å²) in [5.41, 5.74) is 3.39. The largest absolute Gasteiger partial charge is 0.494 e. The second-order valence-electron chi connectivity index (χ2n) is 5.45. The molecule has 2 aromatic rings. The van der Waals surface area contributed by atoms with E-state index in [1.54, 1.807) is 0 Å². The third kappa shape index (κ3) is 5.74. The predicted octanol–water partition coefficient (Wildman–Crippen LogP) is 4.07. The highest BCUT2D eigenvalue weighted by Gasteiger charge is 2.02. The second kappa shape index (κ2) is 9.13. The zero-order valence-corrected chi connectivity index (χ0v) is 15.2. The van der Waals surface area contributed by atoms with Crippen molar-refractivity contribution in [3.8, 4) is 11.5 Å². The molecule has 24 heavy (non-hydrogen) atoms. The van der Waals surface area contributed by atoms with Crippen LogP contribution in [0.3, 0.4) is 0 Å². The van der Waals surface area contributed by atoms with Crippen molar-refractivity contribution in [2.75, 3.05) is 25.1 Å². The standard InChI is InChI=1S/C19H24N2O2S/c1-4-22-16-7-9-17(10-8-16)23-12-11-20-19(24)21-18-13-14(2)5-6-15(18)3/h5-10,13H,4,11-12H2,1-3H3,(H2,20,21,24). The molecule has 2 aromatic carbocycles. The summed E-state index contributed by atoms with van der Waals surface area (Å²) in [5.74, 6) is 1.66. The van der Waals surface area contributed by atoms with Crippen LogP contribution < -0.4 is 20.1 Å². The normalized spacial score (nSPS) is 10.1. The van der Waals surface area contributed by atoms with E-state index in [0.29, 0.717) is 24.9 Å². The third-order valence-electron chi connectivity index (χ3n) is 3.43. The molecule has 0 bridgehead atoms. The van der Waals surface area contributed by atoms with Gasteiger partial charge in [-0.2, -0.15) is 0 Å². The molecule has 2 rings (SSSR count). The highest BCUT2D eigenvalue weighted by Crippen LogP contribution is 2.17. The van der Waals surface area contributed by atoms with E-state index in [-0.39, 0.29) is 0 Å². The molecule has 0 aliphatic carbocycles. The quantitative estimate of drug-likeness (QED) is 0.585. The first-order valence-electron chi connectivity index (χ1n) is 8.06. The zero-order valence-electron chi connectivity index (χ0n) is 14.4. The van der Waals surface area contributed by atoms with Gasteiger partial charge in [0.15, 0.2) is 5.11 Å². The van der Waals surface area contributed by atoms with E-state index in [2.05, 4.69) is 42.7 Å². The number of benzene rings is 2. The first-order valence-corrected chi connectivity index (χ1v) is 8.47. The second-order valence-corrected chi connectivity index (χ2v) is 5.86. The van der Waals surface area contributed by atoms with E-state index >= 15 is 0 Å². The van der Waals surface area contributed by atoms with Crippen LogP contribution in [0.2, 0.25) is 0 Å². The Morgan fingerprint density at radius 2 is 1.67 bits per heavy atom. The lowest BCUT2D eigenvalue weighted by Gasteiger charge is -2.13. The number of thiocarbonyl (C=S) groups is 1. The monoisotopic (exact) mass is 344 g/mol. The van der Waals surface area contributed by atoms with Gasteiger partial charge in [-0.3, -0.25) is 0 Å². The van der Waals surface area contributed by atoms with Crippen molar-refractivity contribution in [3.63, 3.8) is 0 Å². The summed E-state index contributed by atoms with van der Waals surface area (Å²) in [7, 11) is 0. The molecule has 128 valence electrons. The van der Waals surface area contributed by atoms with Gasteiger partial charge in [-0.05, 0) is 74.4 Å². The van der Waals surface area contributed by atoms with Crippen LogP contribution in [0, 0.1) is 13.8 Å². The van der Waals surface area contributed by atoms with Gasteiger partial charge in [0, 0.05) is 5.69 Å². The van der Waals surface area contributed by atoms with E-state index in [1.165, 1.54) is 5.56 Å². The van der Waals surface area contributed by atoms with E-state index in [0.717, 1.165) is 22.7 Å². The Kier molecular flexibility index (Phi) is 6.88. The molecule has 0 saturated heterocycles. The average molecular weight is 344 g/mol. The summed E-state index contributed by atoms with van der Waals surface area (Å²) in [6, 6.07) is 13.9. The van der Waals surface area contributed by atoms with Gasteiger partial charge >= 0.3 is 0 Å². The van der Waals surface area contributed by atoms with E-state index in [4.69, 9.17) is 21.7 Å². The molecule has 0 radical (unpaired) electrons. The van der Waals surface area contributed by atoms with Crippen LogP contribution in [-0.2, 0) is 0 Å². The lowest BCUT2D eigenvalue weighted by molar-refractivity contribution is 0.319. The van der Waals surface area contributed by atoms with Crippen molar-refractivity contribution >= 4 is 23.0 Å². The summed E-state index contributed by atoms with van der Waals surface area (Å²) in [5, 5.41) is 6.97. The van der Waals surface area contributed by atoms with E-state index < -0.39 is 0 Å². The Morgan fingerprint density at radius 1 is 1.00 bits per heavy atom. The van der Waals surface area contributed by atoms with Crippen LogP contribution in [0.25, 0.3) is 0 Å². The number of nitrogens with one attached hydrogen (secondary N) is 2. The van der Waals surface area contributed by atoms with Gasteiger partial charge < -0.3 is 20.1 Å². The fourth-order valence-corrected chi connectivity index (χ4v) is 2.38. The predicted molar refractivity (Wildman–Crippen MR) is 103 cm³/mol. The molecule has 0 saturated carbocycles. The minimum Gasteiger partial charge on any atom is -0.494 e. The topological polar surface area (TPSA) is 42.5 Å². The summed E-state index contributed by atoms with van der Waals surface area (Å²) in [6.45, 7) is 7.90. The first-order chi connectivity index (χ1) is 11.6. The van der Waals surface area contributed by atoms with Crippen molar-refractivity contribution in [2.45, 2.75) is 20.8 Å². The highest BCUT2D eigenvalue weighted by molar-refractivity contribution is 7.80. The maximum atomic E-state index is 5.68. The zero-order chi connectivity index (χ0) is 17.4. The molecule has 0 fully saturated rings. The third-order valence-corrected chi connectivity index (χ3v) is 3.68. The van der Waals surface area contributed by atoms with Crippen LogP contribution in [0.4, 0.5) is 5.69 Å². The maximum Gasteiger partial charge on any atom is 0.170 e. The van der Waals surface area contributed by atoms with Crippen molar-refractivity contribution in [1.82, 2.24) is 5.32 Å². The molecule has 4 nitrogen and oxygen atoms in total. The molecular formula is C19H24N2O2S. The lowest BCUT2D eigenvalue weighted by Crippen LogP contribution is -2.32. The van der Waals surface area contributed by atoms with Gasteiger partial charge in [-0.1, -0.05) is 12.1 Å². The molecule has 5 heteroatoms. The van der Waals surface area contributed by atoms with Crippen molar-refractivity contribution in [2.24, 2.45) is 0 Å². The summed E-state index contributed by atoms with van der Waals surface area (Å²) < 4.78 is 11.1. The van der Waals surface area contributed by atoms with Crippen molar-refractivity contribution in [1.29, 1.82) is 0 Å². The molecule has 0 unspecified atom stereocenters. The number of aryl methyl sites for hydroxylation is 2. The number of hydrogen-bond donors (Lipinski definition) is 2. The minimum absolute atomic E-state index is 0.530. The fourth-order valence-electron chi connectivity index (χ4n) is 2.17. The molecule has 0 heterocycles. The van der Waals surface area contributed by atoms with Gasteiger partial charge in [-0.15, -0.1) is 0 Å². The minimum atomic E-state index is 0.530. The summed E-state index contributed by atoms with van der Waals surface area (Å²) in [4.78, 5) is 0. The number of rotatable bonds is 7. The van der Waals surface area contributed by atoms with Gasteiger partial charge in [0.05, 0.1) is 13.2 Å². The van der Waals surface area contributed by atoms with E-state index in [1.807, 2.05) is 31.2 Å². The molecule has 0 amide bonds. The fraction of sp³-hybridized carbons (Fsp3) is 0.316. The van der Waals surface area contributed by atoms with Crippen molar-refractivity contribution < 1.29 is 9.47 Å². The Morgan fingerprint density at radius 3 is 2.33 bits per heavy atom. The van der Waals surface area contributed by atoms with Crippen LogP contribution >= 0.6 is 12.2 Å². The SMILES string of the molecule is CCOc1ccc(OCCNC(=S)Nc2cc(C)ccc2C)cc1. The molecule has 0 aromatic heterocycles. The highest BCUT2D eigenvalue weighted by atomic mass is 32.1. The smallest absolute Gasteiger partial charge is 0.170 e. The molecule has 0 aliphatic rings. The van der Waals surface area contributed by atoms with Crippen LogP contribution in [0.1, 0.15) is 18.1 Å². The van der Waals surface area contributed by atoms with Gasteiger partial charge in [0.25, 0.3) is 0 Å². The summed E-state index contributed by atoms with van der Waals surface area (Å²) in [6.07, 6.45) is 0. The van der Waals surface area contributed by atoms with E-state index in [9.17, 15) is 0 Å². The Balaban J connectivity index is 1.71. The number of hydrogen-bond acceptors (Lipinski definition) is 3. The Labute approximate surface area is 149 Å². The molecule has 2 N–H and O–H groups in total. The van der Waals surface area contributed by atoms with Gasteiger partial charge in [0.2, 0.25) is 0 Å². The Bertz CT molecular complexity index is 672. The molecular weight excluding hydrogens is 320 g/mol. The average Bonchev–Trinajstić information content (AvgIpc) is 2.57. The number of anilines is 1. The molecule has 0 spiro atoms. The summed E-state index contributed by atoms with van der Waals surface area (Å²) >= 11 is 5.32. The van der Waals surface area contributed by atoms with Crippen LogP contribution in [0.15, 0.2) is 42.5 Å². The van der Waals surface area contributed by atoms with Crippen LogP contribution in [0.5, 0.6) is 11.5 Å². The molecule has 0 aliphatic heterocycles. The maximum absolute atomic E-state index is 5.68. The van der Waals surface area contributed by atoms with Crippen molar-refractivity contribution in [3.05, 3.63) is 53.6 Å². The van der Waals surface area contributed by atoms with Gasteiger partial charge in [0.1, 0.15) is 18.1 Å². The first kappa shape index (κ1) is 18.1. The molecule has 0 atom stereocenters. The number of ether oxygens (including phenoxy) is 2.